The van der Waals surface area contributed by atoms with Gasteiger partial charge in [0.25, 0.3) is 11.8 Å². The Balaban J connectivity index is 1.36. The molecule has 6 atom stereocenters. The summed E-state index contributed by atoms with van der Waals surface area (Å²) < 4.78 is 13.8. The van der Waals surface area contributed by atoms with Gasteiger partial charge >= 0.3 is 0 Å². The molecule has 3 aromatic carbocycles. The number of phenolic OH excluding ortho intramolecular Hbond substituents is 1. The molecule has 228 valence electrons. The third-order valence-electron chi connectivity index (χ3n) is 9.63. The molecule has 0 bridgehead atoms. The number of amides is 4. The van der Waals surface area contributed by atoms with Gasteiger partial charge in [0.2, 0.25) is 11.8 Å². The first-order chi connectivity index (χ1) is 21.4. The summed E-state index contributed by atoms with van der Waals surface area (Å²) in [5.74, 6) is -6.87. The van der Waals surface area contributed by atoms with Crippen molar-refractivity contribution in [1.29, 1.82) is 0 Å². The molecule has 11 heteroatoms. The Labute approximate surface area is 267 Å². The van der Waals surface area contributed by atoms with Crippen LogP contribution in [0.4, 0.5) is 15.8 Å². The number of benzene rings is 3. The van der Waals surface area contributed by atoms with Gasteiger partial charge in [-0.15, -0.1) is 23.2 Å². The lowest BCUT2D eigenvalue weighted by Crippen LogP contribution is -2.60. The number of rotatable bonds is 4. The predicted octanol–water partition coefficient (Wildman–Crippen LogP) is 5.50. The number of aromatic hydroxyl groups is 1. The van der Waals surface area contributed by atoms with Crippen LogP contribution in [0.3, 0.4) is 0 Å². The fraction of sp³-hybridized carbons (Fsp3) is 0.265. The zero-order valence-electron chi connectivity index (χ0n) is 23.7. The van der Waals surface area contributed by atoms with Crippen molar-refractivity contribution in [3.63, 3.8) is 0 Å². The van der Waals surface area contributed by atoms with E-state index in [0.29, 0.717) is 22.4 Å². The molecule has 2 saturated heterocycles. The van der Waals surface area contributed by atoms with Crippen molar-refractivity contribution in [2.24, 2.45) is 17.8 Å². The molecular formula is C34H25Cl2FN2O6. The van der Waals surface area contributed by atoms with Gasteiger partial charge in [-0.3, -0.25) is 28.9 Å². The van der Waals surface area contributed by atoms with E-state index in [1.807, 2.05) is 0 Å². The van der Waals surface area contributed by atoms with Gasteiger partial charge in [-0.25, -0.2) is 9.29 Å². The lowest BCUT2D eigenvalue weighted by atomic mass is 9.56. The monoisotopic (exact) mass is 646 g/mol. The Hall–Kier alpha value is -4.34. The number of ketones is 1. The molecule has 8 nitrogen and oxygen atoms in total. The zero-order chi connectivity index (χ0) is 32.0. The third-order valence-corrected chi connectivity index (χ3v) is 11.0. The van der Waals surface area contributed by atoms with Crippen LogP contribution in [0.2, 0.25) is 0 Å². The van der Waals surface area contributed by atoms with Crippen LogP contribution in [-0.2, 0) is 19.2 Å². The molecule has 3 aromatic rings. The molecule has 0 aromatic heterocycles. The van der Waals surface area contributed by atoms with Gasteiger partial charge in [-0.05, 0) is 91.9 Å². The smallest absolute Gasteiger partial charge is 0.258 e. The molecule has 0 radical (unpaired) electrons. The quantitative estimate of drug-likeness (QED) is 0.173. The van der Waals surface area contributed by atoms with Crippen molar-refractivity contribution in [2.45, 2.75) is 35.4 Å². The second-order valence-corrected chi connectivity index (χ2v) is 13.2. The van der Waals surface area contributed by atoms with E-state index in [2.05, 4.69) is 0 Å². The standard InChI is InChI=1S/C34H25Cl2FN2O6/c1-17(40)18-5-9-21(10-6-18)38-29(42)25-14-13-24-26(27(25)30(38)43)16-33(35)31(44)39(22-11-7-20(37)8-12-22)32(45)34(33,36)28(24)19-3-2-4-23(41)15-19/h2-13,15,25-28,41H,14,16H2,1H3. The van der Waals surface area contributed by atoms with Crippen molar-refractivity contribution in [2.75, 3.05) is 9.80 Å². The SMILES string of the molecule is CC(=O)c1ccc(N2C(=O)C3CC=C4C(CC5(Cl)C(=O)N(c6ccc(F)cc6)C(=O)C5(Cl)C4c4cccc(O)c4)C3C2=O)cc1. The number of alkyl halides is 2. The number of hydrogen-bond acceptors (Lipinski definition) is 6. The molecule has 6 unspecified atom stereocenters. The fourth-order valence-electron chi connectivity index (χ4n) is 7.58. The van der Waals surface area contributed by atoms with Crippen molar-refractivity contribution in [3.8, 4) is 5.75 Å². The topological polar surface area (TPSA) is 112 Å². The van der Waals surface area contributed by atoms with E-state index in [1.54, 1.807) is 42.5 Å². The number of allylic oxidation sites excluding steroid dienone is 2. The number of Topliss-reactive ketones (excluding diaryl/α,β-unsaturated/α-hetero) is 1. The minimum absolute atomic E-state index is 0.0811. The van der Waals surface area contributed by atoms with Gasteiger partial charge in [0.15, 0.2) is 15.5 Å². The summed E-state index contributed by atoms with van der Waals surface area (Å²) in [5, 5.41) is 10.4. The Morgan fingerprint density at radius 2 is 1.51 bits per heavy atom. The number of fused-ring (bicyclic) bond motifs is 4. The lowest BCUT2D eigenvalue weighted by Gasteiger charge is -2.50. The summed E-state index contributed by atoms with van der Waals surface area (Å²) in [6.45, 7) is 1.42. The van der Waals surface area contributed by atoms with Crippen molar-refractivity contribution in [1.82, 2.24) is 0 Å². The molecule has 1 saturated carbocycles. The largest absolute Gasteiger partial charge is 0.508 e. The van der Waals surface area contributed by atoms with E-state index in [0.717, 1.165) is 21.9 Å². The van der Waals surface area contributed by atoms with Gasteiger partial charge in [0, 0.05) is 11.5 Å². The Kier molecular flexibility index (Phi) is 6.58. The highest BCUT2D eigenvalue weighted by Crippen LogP contribution is 2.66. The van der Waals surface area contributed by atoms with Crippen LogP contribution in [0.5, 0.6) is 5.75 Å². The first-order valence-corrected chi connectivity index (χ1v) is 15.1. The van der Waals surface area contributed by atoms with Crippen LogP contribution in [0.25, 0.3) is 0 Å². The molecule has 2 heterocycles. The Morgan fingerprint density at radius 1 is 0.867 bits per heavy atom. The Bertz CT molecular complexity index is 1860. The summed E-state index contributed by atoms with van der Waals surface area (Å²) in [6, 6.07) is 17.1. The average Bonchev–Trinajstić information content (AvgIpc) is 3.35. The number of anilines is 2. The van der Waals surface area contributed by atoms with Crippen LogP contribution in [0.15, 0.2) is 84.4 Å². The van der Waals surface area contributed by atoms with Crippen molar-refractivity contribution >= 4 is 64.0 Å². The first-order valence-electron chi connectivity index (χ1n) is 14.4. The van der Waals surface area contributed by atoms with Crippen LogP contribution < -0.4 is 9.80 Å². The maximum absolute atomic E-state index is 14.3. The number of halogens is 3. The van der Waals surface area contributed by atoms with E-state index >= 15 is 0 Å². The van der Waals surface area contributed by atoms with Crippen LogP contribution in [0, 0.1) is 23.6 Å². The average molecular weight is 647 g/mol. The molecule has 2 aliphatic heterocycles. The van der Waals surface area contributed by atoms with E-state index in [9.17, 15) is 33.5 Å². The molecule has 3 fully saturated rings. The predicted molar refractivity (Wildman–Crippen MR) is 164 cm³/mol. The molecule has 4 amide bonds. The van der Waals surface area contributed by atoms with Crippen molar-refractivity contribution < 1.29 is 33.5 Å². The molecule has 7 rings (SSSR count). The van der Waals surface area contributed by atoms with Crippen LogP contribution in [0.1, 0.15) is 41.6 Å². The molecular weight excluding hydrogens is 622 g/mol. The van der Waals surface area contributed by atoms with E-state index < -0.39 is 62.9 Å². The number of carbonyl (C=O) groups excluding carboxylic acids is 5. The highest BCUT2D eigenvalue weighted by molar-refractivity contribution is 6.58. The lowest BCUT2D eigenvalue weighted by molar-refractivity contribution is -0.125. The van der Waals surface area contributed by atoms with Crippen molar-refractivity contribution in [3.05, 3.63) is 101 Å². The number of carbonyl (C=O) groups is 5. The second-order valence-electron chi connectivity index (χ2n) is 12.0. The number of hydrogen-bond donors (Lipinski definition) is 1. The van der Waals surface area contributed by atoms with E-state index in [1.165, 1.54) is 31.2 Å². The summed E-state index contributed by atoms with van der Waals surface area (Å²) in [4.78, 5) is 66.1. The number of phenols is 1. The third kappa shape index (κ3) is 3.99. The molecule has 2 aliphatic carbocycles. The van der Waals surface area contributed by atoms with Gasteiger partial charge in [-0.1, -0.05) is 23.8 Å². The minimum Gasteiger partial charge on any atom is -0.508 e. The molecule has 45 heavy (non-hydrogen) atoms. The normalized spacial score (nSPS) is 30.6. The molecule has 4 aliphatic rings. The number of nitrogens with zero attached hydrogens (tertiary/aromatic N) is 2. The van der Waals surface area contributed by atoms with Crippen LogP contribution >= 0.6 is 23.2 Å². The summed E-state index contributed by atoms with van der Waals surface area (Å²) in [5.41, 5.74) is 1.80. The first kappa shape index (κ1) is 29.4. The van der Waals surface area contributed by atoms with Gasteiger partial charge in [-0.2, -0.15) is 0 Å². The van der Waals surface area contributed by atoms with Gasteiger partial charge in [0.1, 0.15) is 11.6 Å². The number of imide groups is 2. The highest BCUT2D eigenvalue weighted by atomic mass is 35.5. The van der Waals surface area contributed by atoms with Gasteiger partial charge in [0.05, 0.1) is 23.2 Å². The summed E-state index contributed by atoms with van der Waals surface area (Å²) in [6.07, 6.45) is 1.75. The maximum atomic E-state index is 14.3. The molecule has 1 N–H and O–H groups in total. The maximum Gasteiger partial charge on any atom is 0.258 e. The second kappa shape index (κ2) is 10.1. The highest BCUT2D eigenvalue weighted by Gasteiger charge is 2.76. The molecule has 0 spiro atoms. The van der Waals surface area contributed by atoms with Crippen LogP contribution in [-0.4, -0.2) is 44.3 Å². The van der Waals surface area contributed by atoms with Gasteiger partial charge < -0.3 is 5.11 Å². The fourth-order valence-corrected chi connectivity index (χ4v) is 8.51. The summed E-state index contributed by atoms with van der Waals surface area (Å²) in [7, 11) is 0. The minimum atomic E-state index is -2.09. The summed E-state index contributed by atoms with van der Waals surface area (Å²) >= 11 is 14.6. The van der Waals surface area contributed by atoms with E-state index in [4.69, 9.17) is 23.2 Å². The zero-order valence-corrected chi connectivity index (χ0v) is 25.3. The van der Waals surface area contributed by atoms with E-state index in [-0.39, 0.29) is 30.1 Å². The Morgan fingerprint density at radius 3 is 2.16 bits per heavy atom.